The third kappa shape index (κ3) is 5.15. The number of ketones is 1. The summed E-state index contributed by atoms with van der Waals surface area (Å²) in [5.74, 6) is 1.04. The van der Waals surface area contributed by atoms with Crippen molar-refractivity contribution in [1.29, 1.82) is 0 Å². The summed E-state index contributed by atoms with van der Waals surface area (Å²) in [7, 11) is 0. The summed E-state index contributed by atoms with van der Waals surface area (Å²) in [6, 6.07) is 15.2. The fraction of sp³-hybridized carbons (Fsp3) is 0.393. The molecular formula is C28H32N2O2S. The highest BCUT2D eigenvalue weighted by Crippen LogP contribution is 2.34. The Morgan fingerprint density at radius 3 is 2.73 bits per heavy atom. The van der Waals surface area contributed by atoms with E-state index in [0.717, 1.165) is 75.5 Å². The minimum atomic E-state index is 0.164. The number of allylic oxidation sites excluding steroid dienone is 1. The van der Waals surface area contributed by atoms with E-state index >= 15 is 0 Å². The van der Waals surface area contributed by atoms with Crippen molar-refractivity contribution in [1.82, 2.24) is 4.90 Å². The Bertz CT molecular complexity index is 1160. The average Bonchev–Trinajstić information content (AvgIpc) is 3.28. The lowest BCUT2D eigenvalue weighted by Crippen LogP contribution is -2.46. The molecule has 2 heterocycles. The standard InChI is InChI=1S/C28H32N2O2S/c1-2-25-20-26-27(6-5-7-28(26)33-25)30-15-13-29(14-16-30)12-3-4-17-32-24-11-9-21-8-10-23(31)18-22(21)19-24/h5-11,19-20H,2-4,12-18H2,1H3. The van der Waals surface area contributed by atoms with Crippen molar-refractivity contribution in [3.8, 4) is 5.75 Å². The number of thiophene rings is 1. The van der Waals surface area contributed by atoms with Crippen LogP contribution >= 0.6 is 11.3 Å². The van der Waals surface area contributed by atoms with Crippen LogP contribution in [0.5, 0.6) is 5.75 Å². The van der Waals surface area contributed by atoms with E-state index in [-0.39, 0.29) is 5.78 Å². The van der Waals surface area contributed by atoms with Gasteiger partial charge in [0.1, 0.15) is 5.75 Å². The lowest BCUT2D eigenvalue weighted by atomic mass is 9.96. The number of hydrogen-bond donors (Lipinski definition) is 0. The topological polar surface area (TPSA) is 32.8 Å². The smallest absolute Gasteiger partial charge is 0.160 e. The van der Waals surface area contributed by atoms with Gasteiger partial charge < -0.3 is 9.64 Å². The van der Waals surface area contributed by atoms with Crippen molar-refractivity contribution < 1.29 is 9.53 Å². The molecule has 5 heteroatoms. The zero-order valence-corrected chi connectivity index (χ0v) is 20.2. The number of unbranched alkanes of at least 4 members (excludes halogenated alkanes) is 1. The molecule has 33 heavy (non-hydrogen) atoms. The monoisotopic (exact) mass is 460 g/mol. The first-order chi connectivity index (χ1) is 16.2. The zero-order valence-electron chi connectivity index (χ0n) is 19.4. The Morgan fingerprint density at radius 1 is 1.00 bits per heavy atom. The molecular weight excluding hydrogens is 428 g/mol. The molecule has 0 spiro atoms. The molecule has 5 rings (SSSR count). The van der Waals surface area contributed by atoms with Gasteiger partial charge in [-0.1, -0.05) is 25.1 Å². The SMILES string of the molecule is CCc1cc2c(N3CCN(CCCCOc4ccc5c(c4)CC(=O)C=C5)CC3)cccc2s1. The molecule has 0 atom stereocenters. The number of rotatable bonds is 8. The Kier molecular flexibility index (Phi) is 6.79. The van der Waals surface area contributed by atoms with Gasteiger partial charge in [0.15, 0.2) is 5.78 Å². The van der Waals surface area contributed by atoms with Crippen LogP contribution in [0.1, 0.15) is 35.8 Å². The van der Waals surface area contributed by atoms with E-state index in [9.17, 15) is 4.79 Å². The van der Waals surface area contributed by atoms with E-state index in [1.807, 2.05) is 35.6 Å². The number of fused-ring (bicyclic) bond motifs is 2. The number of carbonyl (C=O) groups excluding carboxylic acids is 1. The van der Waals surface area contributed by atoms with E-state index in [0.29, 0.717) is 6.42 Å². The normalized spacial score (nSPS) is 16.4. The first-order valence-electron chi connectivity index (χ1n) is 12.1. The molecule has 4 nitrogen and oxygen atoms in total. The summed E-state index contributed by atoms with van der Waals surface area (Å²) in [4.78, 5) is 18.2. The molecule has 1 aromatic heterocycles. The maximum atomic E-state index is 11.6. The first kappa shape index (κ1) is 22.2. The summed E-state index contributed by atoms with van der Waals surface area (Å²) in [6.07, 6.45) is 7.34. The number of aryl methyl sites for hydroxylation is 1. The molecule has 2 aromatic carbocycles. The number of nitrogens with zero attached hydrogens (tertiary/aromatic N) is 2. The predicted molar refractivity (Wildman–Crippen MR) is 139 cm³/mol. The molecule has 0 unspecified atom stereocenters. The molecule has 0 radical (unpaired) electrons. The minimum absolute atomic E-state index is 0.164. The zero-order chi connectivity index (χ0) is 22.6. The van der Waals surface area contributed by atoms with Gasteiger partial charge in [0, 0.05) is 53.3 Å². The molecule has 0 amide bonds. The third-order valence-corrected chi connectivity index (χ3v) is 7.96. The van der Waals surface area contributed by atoms with Gasteiger partial charge in [-0.25, -0.2) is 0 Å². The molecule has 0 bridgehead atoms. The van der Waals surface area contributed by atoms with E-state index in [4.69, 9.17) is 4.74 Å². The molecule has 172 valence electrons. The summed E-state index contributed by atoms with van der Waals surface area (Å²) >= 11 is 1.93. The maximum Gasteiger partial charge on any atom is 0.160 e. The molecule has 1 aliphatic carbocycles. The molecule has 2 aliphatic rings. The van der Waals surface area contributed by atoms with Gasteiger partial charge in [-0.05, 0) is 73.3 Å². The van der Waals surface area contributed by atoms with Gasteiger partial charge in [-0.15, -0.1) is 11.3 Å². The number of carbonyl (C=O) groups is 1. The highest BCUT2D eigenvalue weighted by Gasteiger charge is 2.19. The fourth-order valence-electron chi connectivity index (χ4n) is 4.80. The van der Waals surface area contributed by atoms with Gasteiger partial charge in [0.05, 0.1) is 6.61 Å². The lowest BCUT2D eigenvalue weighted by Gasteiger charge is -2.36. The Morgan fingerprint density at radius 2 is 1.88 bits per heavy atom. The second-order valence-electron chi connectivity index (χ2n) is 8.98. The summed E-state index contributed by atoms with van der Waals surface area (Å²) in [5, 5.41) is 1.42. The Balaban J connectivity index is 1.05. The van der Waals surface area contributed by atoms with Crippen LogP contribution in [0.15, 0.2) is 48.5 Å². The molecule has 0 saturated carbocycles. The van der Waals surface area contributed by atoms with Gasteiger partial charge >= 0.3 is 0 Å². The van der Waals surface area contributed by atoms with Crippen LogP contribution in [0.3, 0.4) is 0 Å². The van der Waals surface area contributed by atoms with Crippen LogP contribution in [-0.4, -0.2) is 50.0 Å². The number of benzene rings is 2. The Hall–Kier alpha value is -2.63. The molecule has 1 fully saturated rings. The second kappa shape index (κ2) is 10.1. The third-order valence-electron chi connectivity index (χ3n) is 6.72. The number of piperazine rings is 1. The quantitative estimate of drug-likeness (QED) is 0.411. The highest BCUT2D eigenvalue weighted by atomic mass is 32.1. The summed E-state index contributed by atoms with van der Waals surface area (Å²) in [6.45, 7) is 8.51. The molecule has 3 aromatic rings. The van der Waals surface area contributed by atoms with Crippen LogP contribution in [0.4, 0.5) is 5.69 Å². The summed E-state index contributed by atoms with van der Waals surface area (Å²) in [5.41, 5.74) is 3.60. The Labute approximate surface area is 200 Å². The highest BCUT2D eigenvalue weighted by molar-refractivity contribution is 7.19. The maximum absolute atomic E-state index is 11.6. The lowest BCUT2D eigenvalue weighted by molar-refractivity contribution is -0.114. The second-order valence-corrected chi connectivity index (χ2v) is 10.1. The van der Waals surface area contributed by atoms with Gasteiger partial charge in [-0.3, -0.25) is 9.69 Å². The number of anilines is 1. The minimum Gasteiger partial charge on any atom is -0.494 e. The van der Waals surface area contributed by atoms with Crippen LogP contribution in [0, 0.1) is 0 Å². The van der Waals surface area contributed by atoms with Crippen LogP contribution in [0.2, 0.25) is 0 Å². The van der Waals surface area contributed by atoms with Gasteiger partial charge in [0.25, 0.3) is 0 Å². The molecule has 0 N–H and O–H groups in total. The van der Waals surface area contributed by atoms with Crippen molar-refractivity contribution in [3.63, 3.8) is 0 Å². The van der Waals surface area contributed by atoms with E-state index in [1.165, 1.54) is 20.7 Å². The van der Waals surface area contributed by atoms with E-state index in [1.54, 1.807) is 6.08 Å². The van der Waals surface area contributed by atoms with Crippen molar-refractivity contribution >= 4 is 39.0 Å². The number of ether oxygens (including phenoxy) is 1. The van der Waals surface area contributed by atoms with E-state index < -0.39 is 0 Å². The van der Waals surface area contributed by atoms with Crippen molar-refractivity contribution in [2.45, 2.75) is 32.6 Å². The number of hydrogen-bond acceptors (Lipinski definition) is 5. The fourth-order valence-corrected chi connectivity index (χ4v) is 5.83. The van der Waals surface area contributed by atoms with Crippen LogP contribution in [-0.2, 0) is 17.6 Å². The molecule has 1 saturated heterocycles. The van der Waals surface area contributed by atoms with E-state index in [2.05, 4.69) is 41.0 Å². The average molecular weight is 461 g/mol. The summed E-state index contributed by atoms with van der Waals surface area (Å²) < 4.78 is 7.37. The van der Waals surface area contributed by atoms with Crippen molar-refractivity contribution in [3.05, 3.63) is 64.5 Å². The first-order valence-corrected chi connectivity index (χ1v) is 13.0. The van der Waals surface area contributed by atoms with Crippen LogP contribution < -0.4 is 9.64 Å². The van der Waals surface area contributed by atoms with Crippen molar-refractivity contribution in [2.75, 3.05) is 44.2 Å². The molecule has 1 aliphatic heterocycles. The van der Waals surface area contributed by atoms with Gasteiger partial charge in [0.2, 0.25) is 0 Å². The largest absolute Gasteiger partial charge is 0.494 e. The predicted octanol–water partition coefficient (Wildman–Crippen LogP) is 5.58. The van der Waals surface area contributed by atoms with Crippen molar-refractivity contribution in [2.24, 2.45) is 0 Å². The van der Waals surface area contributed by atoms with Gasteiger partial charge in [-0.2, -0.15) is 0 Å². The van der Waals surface area contributed by atoms with Crippen LogP contribution in [0.25, 0.3) is 16.2 Å².